The van der Waals surface area contributed by atoms with Crippen LogP contribution in [0.1, 0.15) is 78.0 Å². The monoisotopic (exact) mass is 1180 g/mol. The van der Waals surface area contributed by atoms with Crippen LogP contribution in [0.15, 0.2) is 215 Å². The predicted octanol–water partition coefficient (Wildman–Crippen LogP) is 22.5. The number of fused-ring (bicyclic) bond motifs is 12. The molecule has 0 unspecified atom stereocenters. The van der Waals surface area contributed by atoms with Crippen molar-refractivity contribution in [1.29, 1.82) is 0 Å². The average Bonchev–Trinajstić information content (AvgIpc) is 1.39. The quantitative estimate of drug-likeness (QED) is 0.149. The molecular formula is C77H59BN2O2S4. The second-order valence-corrected chi connectivity index (χ2v) is 30.3. The first-order chi connectivity index (χ1) is 41.6. The first-order valence-corrected chi connectivity index (χ1v) is 33.1. The van der Waals surface area contributed by atoms with E-state index < -0.39 is 0 Å². The van der Waals surface area contributed by atoms with Gasteiger partial charge in [0.2, 0.25) is 11.8 Å². The topological polar surface area (TPSA) is 32.8 Å². The van der Waals surface area contributed by atoms with E-state index in [1.165, 1.54) is 104 Å². The molecule has 8 heterocycles. The Morgan fingerprint density at radius 3 is 1.02 bits per heavy atom. The van der Waals surface area contributed by atoms with Crippen molar-refractivity contribution < 1.29 is 8.83 Å². The van der Waals surface area contributed by atoms with Crippen LogP contribution in [0.2, 0.25) is 0 Å². The van der Waals surface area contributed by atoms with Gasteiger partial charge in [-0.2, -0.15) is 0 Å². The van der Waals surface area contributed by atoms with Crippen molar-refractivity contribution in [3.63, 3.8) is 0 Å². The molecule has 6 aromatic heterocycles. The molecular weight excluding hydrogens is 1120 g/mol. The van der Waals surface area contributed by atoms with Gasteiger partial charge in [-0.1, -0.05) is 140 Å². The van der Waals surface area contributed by atoms with Gasteiger partial charge in [-0.05, 0) is 204 Å². The van der Waals surface area contributed by atoms with E-state index in [2.05, 4.69) is 271 Å². The minimum atomic E-state index is -0.271. The zero-order valence-electron chi connectivity index (χ0n) is 49.1. The Kier molecular flexibility index (Phi) is 11.5. The van der Waals surface area contributed by atoms with Gasteiger partial charge in [-0.3, -0.25) is 9.80 Å². The van der Waals surface area contributed by atoms with Crippen molar-refractivity contribution in [3.8, 4) is 41.8 Å². The summed E-state index contributed by atoms with van der Waals surface area (Å²) in [6.07, 6.45) is 0. The van der Waals surface area contributed by atoms with Crippen molar-refractivity contribution in [2.75, 3.05) is 9.80 Å². The third-order valence-corrected chi connectivity index (χ3v) is 22.6. The van der Waals surface area contributed by atoms with Gasteiger partial charge in [0.05, 0.1) is 11.4 Å². The number of benzene rings is 9. The standard InChI is InChI=1S/C77H59BN2O2S4/c1-43(2)48-35-59-73-60(36-48)80(56-33-51(69-39-46-19-11-15-23-65(46)85-69)30-52(34-56)70-40-47-20-12-16-24-66(47)86-70)75-72(58-42-54(77(6,7)8)26-28-62(58)82-75)78(73)71-57-41-53(76(3,4)5)25-27-61(57)81-74(71)79(59)55-31-49(67-37-44-17-9-13-21-63(44)83-67)29-50(32-55)68-38-45-18-10-14-22-64(45)84-68/h9-43H,1-8H3. The second-order valence-electron chi connectivity index (χ2n) is 25.9. The maximum Gasteiger partial charge on any atom is 0.262 e. The van der Waals surface area contributed by atoms with Crippen molar-refractivity contribution in [3.05, 3.63) is 223 Å². The van der Waals surface area contributed by atoms with Crippen molar-refractivity contribution in [2.24, 2.45) is 0 Å². The lowest BCUT2D eigenvalue weighted by Crippen LogP contribution is -2.60. The molecule has 17 rings (SSSR count). The van der Waals surface area contributed by atoms with Gasteiger partial charge in [-0.15, -0.1) is 45.3 Å². The number of thiophene rings is 4. The first kappa shape index (κ1) is 51.9. The Hall–Kier alpha value is -8.44. The molecule has 0 aliphatic carbocycles. The maximum absolute atomic E-state index is 7.63. The fourth-order valence-corrected chi connectivity index (χ4v) is 17.6. The highest BCUT2D eigenvalue weighted by Gasteiger charge is 2.49. The Morgan fingerprint density at radius 2 is 0.709 bits per heavy atom. The number of hydrogen-bond donors (Lipinski definition) is 0. The summed E-state index contributed by atoms with van der Waals surface area (Å²) in [7, 11) is 0. The highest BCUT2D eigenvalue weighted by molar-refractivity contribution is 7.23. The van der Waals surface area contributed by atoms with Crippen LogP contribution < -0.4 is 26.2 Å². The van der Waals surface area contributed by atoms with Crippen LogP contribution in [0, 0.1) is 0 Å². The molecule has 86 heavy (non-hydrogen) atoms. The number of hydrogen-bond acceptors (Lipinski definition) is 8. The Morgan fingerprint density at radius 1 is 0.372 bits per heavy atom. The molecule has 0 atom stereocenters. The van der Waals surface area contributed by atoms with Crippen LogP contribution in [0.5, 0.6) is 0 Å². The van der Waals surface area contributed by atoms with Crippen LogP contribution in [0.3, 0.4) is 0 Å². The number of furan rings is 2. The van der Waals surface area contributed by atoms with Gasteiger partial charge in [0.15, 0.2) is 0 Å². The molecule has 0 spiro atoms. The lowest BCUT2D eigenvalue weighted by molar-refractivity contribution is 0.589. The summed E-state index contributed by atoms with van der Waals surface area (Å²) in [6.45, 7) is 18.3. The maximum atomic E-state index is 7.63. The van der Waals surface area contributed by atoms with Crippen LogP contribution in [-0.4, -0.2) is 6.71 Å². The molecule has 0 radical (unpaired) electrons. The molecule has 0 fully saturated rings. The highest BCUT2D eigenvalue weighted by Crippen LogP contribution is 2.53. The molecule has 0 N–H and O–H groups in total. The molecule has 2 aliphatic rings. The van der Waals surface area contributed by atoms with Crippen molar-refractivity contribution in [2.45, 2.75) is 72.1 Å². The van der Waals surface area contributed by atoms with E-state index in [0.717, 1.165) is 67.4 Å². The van der Waals surface area contributed by atoms with Gasteiger partial charge >= 0.3 is 0 Å². The zero-order valence-corrected chi connectivity index (χ0v) is 52.4. The summed E-state index contributed by atoms with van der Waals surface area (Å²) >= 11 is 7.43. The van der Waals surface area contributed by atoms with Crippen LogP contribution >= 0.6 is 45.3 Å². The zero-order chi connectivity index (χ0) is 58.1. The van der Waals surface area contributed by atoms with Crippen LogP contribution in [-0.2, 0) is 10.8 Å². The van der Waals surface area contributed by atoms with E-state index in [0.29, 0.717) is 0 Å². The Bertz CT molecular complexity index is 4660. The lowest BCUT2D eigenvalue weighted by Gasteiger charge is -2.41. The highest BCUT2D eigenvalue weighted by atomic mass is 32.1. The molecule has 9 aromatic carbocycles. The van der Waals surface area contributed by atoms with Crippen LogP contribution in [0.25, 0.3) is 104 Å². The second kappa shape index (κ2) is 19.0. The van der Waals surface area contributed by atoms with E-state index >= 15 is 0 Å². The Labute approximate surface area is 516 Å². The molecule has 2 aliphatic heterocycles. The summed E-state index contributed by atoms with van der Waals surface area (Å²) in [6, 6.07) is 78.0. The molecule has 0 bridgehead atoms. The summed E-state index contributed by atoms with van der Waals surface area (Å²) in [4.78, 5) is 9.92. The first-order valence-electron chi connectivity index (χ1n) is 29.8. The van der Waals surface area contributed by atoms with Crippen LogP contribution in [0.4, 0.5) is 34.5 Å². The van der Waals surface area contributed by atoms with Gasteiger partial charge in [0, 0.05) is 71.4 Å². The number of nitrogens with zero attached hydrogens (tertiary/aromatic N) is 2. The smallest absolute Gasteiger partial charge is 0.262 e. The molecule has 0 amide bonds. The molecule has 0 saturated heterocycles. The molecule has 4 nitrogen and oxygen atoms in total. The van der Waals surface area contributed by atoms with Gasteiger partial charge in [-0.25, -0.2) is 0 Å². The SMILES string of the molecule is CC(C)c1cc2c3c(c1)N(c1cc(-c4cc5ccccc5s4)cc(-c4cc5ccccc5s4)c1)c1oc4ccc(C(C)(C)C)cc4c1B3c1c(oc3ccc(C(C)(C)C)cc13)N2c1cc(-c2cc3ccccc3s2)cc(-c2cc3ccccc3s2)c1. The summed E-state index contributed by atoms with van der Waals surface area (Å²) in [5.41, 5.74) is 17.8. The van der Waals surface area contributed by atoms with E-state index in [1.807, 2.05) is 45.3 Å². The van der Waals surface area contributed by atoms with Gasteiger partial charge < -0.3 is 8.83 Å². The fourth-order valence-electron chi connectivity index (χ4n) is 13.4. The van der Waals surface area contributed by atoms with E-state index in [4.69, 9.17) is 8.83 Å². The summed E-state index contributed by atoms with van der Waals surface area (Å²) in [5.74, 6) is 1.85. The van der Waals surface area contributed by atoms with Crippen molar-refractivity contribution >= 4 is 165 Å². The van der Waals surface area contributed by atoms with Crippen molar-refractivity contribution in [1.82, 2.24) is 0 Å². The van der Waals surface area contributed by atoms with E-state index in [-0.39, 0.29) is 23.5 Å². The number of rotatable bonds is 7. The predicted molar refractivity (Wildman–Crippen MR) is 375 cm³/mol. The largest absolute Gasteiger partial charge is 0.440 e. The minimum Gasteiger partial charge on any atom is -0.440 e. The third-order valence-electron chi connectivity index (χ3n) is 17.9. The average molecular weight is 1180 g/mol. The summed E-state index contributed by atoms with van der Waals surface area (Å²) < 4.78 is 20.3. The third kappa shape index (κ3) is 8.26. The molecule has 9 heteroatoms. The molecule has 15 aromatic rings. The Balaban J connectivity index is 1.00. The molecule has 416 valence electrons. The lowest BCUT2D eigenvalue weighted by atomic mass is 9.33. The molecule has 0 saturated carbocycles. The van der Waals surface area contributed by atoms with Gasteiger partial charge in [0.1, 0.15) is 11.2 Å². The van der Waals surface area contributed by atoms with Gasteiger partial charge in [0.25, 0.3) is 6.71 Å². The minimum absolute atomic E-state index is 0.121. The number of anilines is 6. The van der Waals surface area contributed by atoms with E-state index in [9.17, 15) is 0 Å². The van der Waals surface area contributed by atoms with E-state index in [1.54, 1.807) is 0 Å². The normalized spacial score (nSPS) is 13.4. The summed E-state index contributed by atoms with van der Waals surface area (Å²) in [5, 5.41) is 7.24. The fraction of sp³-hybridized carbons (Fsp3) is 0.143.